The van der Waals surface area contributed by atoms with Crippen LogP contribution in [0.1, 0.15) is 45.4 Å². The van der Waals surface area contributed by atoms with E-state index < -0.39 is 0 Å². The Kier molecular flexibility index (Phi) is 5.38. The topological polar surface area (TPSA) is 52.7 Å². The van der Waals surface area contributed by atoms with Gasteiger partial charge in [0.2, 0.25) is 11.8 Å². The number of carbonyl (C=O) groups excluding carboxylic acids is 2. The maximum atomic E-state index is 12.7. The number of benzene rings is 1. The van der Waals surface area contributed by atoms with Crippen LogP contribution in [0.25, 0.3) is 0 Å². The Hall–Kier alpha value is -2.04. The second-order valence-corrected chi connectivity index (χ2v) is 6.69. The number of fused-ring (bicyclic) bond motifs is 3. The molecule has 0 spiro atoms. The number of carbonyl (C=O) groups is 2. The zero-order valence-electron chi connectivity index (χ0n) is 14.5. The minimum absolute atomic E-state index is 0.0235. The summed E-state index contributed by atoms with van der Waals surface area (Å²) in [5.74, 6) is 0.0317. The van der Waals surface area contributed by atoms with Crippen molar-refractivity contribution in [1.82, 2.24) is 5.32 Å². The van der Waals surface area contributed by atoms with Gasteiger partial charge in [0, 0.05) is 38.5 Å². The number of nitrogens with one attached hydrogen (secondary N) is 1. The first-order valence-electron chi connectivity index (χ1n) is 9.13. The van der Waals surface area contributed by atoms with Crippen LogP contribution in [-0.4, -0.2) is 37.5 Å². The standard InChI is InChI=1S/C19H27N3O2/c1-2-3-12-20-18(23)10-11-19(24)22-14-15-7-6-13-21(15)16-8-4-5-9-17(16)22/h4-5,8-9,15H,2-3,6-7,10-14H2,1H3,(H,20,23). The highest BCUT2D eigenvalue weighted by molar-refractivity contribution is 5.99. The van der Waals surface area contributed by atoms with Crippen LogP contribution in [-0.2, 0) is 9.59 Å². The number of anilines is 2. The molecule has 1 atom stereocenters. The fourth-order valence-corrected chi connectivity index (χ4v) is 3.67. The molecule has 1 fully saturated rings. The van der Waals surface area contributed by atoms with E-state index in [9.17, 15) is 9.59 Å². The summed E-state index contributed by atoms with van der Waals surface area (Å²) in [6.45, 7) is 4.61. The van der Waals surface area contributed by atoms with E-state index >= 15 is 0 Å². The average molecular weight is 329 g/mol. The summed E-state index contributed by atoms with van der Waals surface area (Å²) in [6, 6.07) is 8.55. The van der Waals surface area contributed by atoms with Crippen LogP contribution in [0, 0.1) is 0 Å². The van der Waals surface area contributed by atoms with Crippen LogP contribution in [0.3, 0.4) is 0 Å². The Balaban J connectivity index is 1.63. The third-order valence-corrected chi connectivity index (χ3v) is 4.97. The molecule has 5 nitrogen and oxygen atoms in total. The van der Waals surface area contributed by atoms with Crippen molar-refractivity contribution in [3.8, 4) is 0 Å². The number of hydrogen-bond acceptors (Lipinski definition) is 3. The Morgan fingerprint density at radius 3 is 2.79 bits per heavy atom. The predicted molar refractivity (Wildman–Crippen MR) is 96.3 cm³/mol. The molecule has 1 aromatic carbocycles. The molecule has 0 aromatic heterocycles. The first kappa shape index (κ1) is 16.8. The summed E-state index contributed by atoms with van der Waals surface area (Å²) >= 11 is 0. The van der Waals surface area contributed by atoms with E-state index in [0.29, 0.717) is 12.6 Å². The Morgan fingerprint density at radius 1 is 1.21 bits per heavy atom. The van der Waals surface area contributed by atoms with E-state index in [4.69, 9.17) is 0 Å². The fourth-order valence-electron chi connectivity index (χ4n) is 3.67. The van der Waals surface area contributed by atoms with Crippen molar-refractivity contribution in [3.63, 3.8) is 0 Å². The minimum Gasteiger partial charge on any atom is -0.365 e. The third-order valence-electron chi connectivity index (χ3n) is 4.97. The number of unbranched alkanes of at least 4 members (excludes halogenated alkanes) is 1. The molecule has 2 aliphatic rings. The molecule has 3 rings (SSSR count). The van der Waals surface area contributed by atoms with Gasteiger partial charge in [0.1, 0.15) is 0 Å². The van der Waals surface area contributed by atoms with Gasteiger partial charge in [-0.15, -0.1) is 0 Å². The zero-order chi connectivity index (χ0) is 16.9. The quantitative estimate of drug-likeness (QED) is 0.817. The van der Waals surface area contributed by atoms with Crippen molar-refractivity contribution in [2.75, 3.05) is 29.4 Å². The summed E-state index contributed by atoms with van der Waals surface area (Å²) in [4.78, 5) is 28.9. The van der Waals surface area contributed by atoms with Gasteiger partial charge in [-0.1, -0.05) is 25.5 Å². The van der Waals surface area contributed by atoms with E-state index in [2.05, 4.69) is 23.2 Å². The van der Waals surface area contributed by atoms with Gasteiger partial charge in [-0.05, 0) is 31.4 Å². The molecule has 2 aliphatic heterocycles. The summed E-state index contributed by atoms with van der Waals surface area (Å²) in [7, 11) is 0. The number of amides is 2. The van der Waals surface area contributed by atoms with Crippen molar-refractivity contribution in [2.45, 2.75) is 51.5 Å². The monoisotopic (exact) mass is 329 g/mol. The highest BCUT2D eigenvalue weighted by Gasteiger charge is 2.35. The minimum atomic E-state index is -0.0235. The van der Waals surface area contributed by atoms with E-state index in [1.165, 1.54) is 6.42 Å². The lowest BCUT2D eigenvalue weighted by molar-refractivity contribution is -0.125. The summed E-state index contributed by atoms with van der Waals surface area (Å²) in [5, 5.41) is 2.88. The van der Waals surface area contributed by atoms with Crippen molar-refractivity contribution in [1.29, 1.82) is 0 Å². The van der Waals surface area contributed by atoms with E-state index in [0.717, 1.165) is 43.7 Å². The molecule has 1 aromatic rings. The molecule has 130 valence electrons. The number of nitrogens with zero attached hydrogens (tertiary/aromatic N) is 2. The lowest BCUT2D eigenvalue weighted by Crippen LogP contribution is -2.48. The van der Waals surface area contributed by atoms with Crippen molar-refractivity contribution in [3.05, 3.63) is 24.3 Å². The molecule has 0 radical (unpaired) electrons. The van der Waals surface area contributed by atoms with Gasteiger partial charge < -0.3 is 15.1 Å². The Labute approximate surface area is 144 Å². The first-order chi connectivity index (χ1) is 11.7. The maximum Gasteiger partial charge on any atom is 0.227 e. The molecule has 0 saturated carbocycles. The predicted octanol–water partition coefficient (Wildman–Crippen LogP) is 2.70. The van der Waals surface area contributed by atoms with Gasteiger partial charge in [-0.2, -0.15) is 0 Å². The summed E-state index contributed by atoms with van der Waals surface area (Å²) < 4.78 is 0. The van der Waals surface area contributed by atoms with Gasteiger partial charge in [-0.3, -0.25) is 9.59 Å². The average Bonchev–Trinajstić information content (AvgIpc) is 3.08. The first-order valence-corrected chi connectivity index (χ1v) is 9.13. The molecular formula is C19H27N3O2. The second kappa shape index (κ2) is 7.69. The SMILES string of the molecule is CCCCNC(=O)CCC(=O)N1CC2CCCN2c2ccccc21. The van der Waals surface area contributed by atoms with Gasteiger partial charge >= 0.3 is 0 Å². The summed E-state index contributed by atoms with van der Waals surface area (Å²) in [5.41, 5.74) is 2.15. The maximum absolute atomic E-state index is 12.7. The Bertz CT molecular complexity index is 602. The molecule has 2 heterocycles. The van der Waals surface area contributed by atoms with Crippen LogP contribution in [0.5, 0.6) is 0 Å². The molecular weight excluding hydrogens is 302 g/mol. The van der Waals surface area contributed by atoms with Crippen LogP contribution in [0.4, 0.5) is 11.4 Å². The van der Waals surface area contributed by atoms with Gasteiger partial charge in [0.25, 0.3) is 0 Å². The Morgan fingerprint density at radius 2 is 2.00 bits per heavy atom. The molecule has 1 saturated heterocycles. The second-order valence-electron chi connectivity index (χ2n) is 6.69. The highest BCUT2D eigenvalue weighted by atomic mass is 16.2. The highest BCUT2D eigenvalue weighted by Crippen LogP contribution is 2.39. The molecule has 24 heavy (non-hydrogen) atoms. The van der Waals surface area contributed by atoms with E-state index in [-0.39, 0.29) is 24.7 Å². The van der Waals surface area contributed by atoms with Gasteiger partial charge in [-0.25, -0.2) is 0 Å². The van der Waals surface area contributed by atoms with Crippen LogP contribution < -0.4 is 15.1 Å². The third kappa shape index (κ3) is 3.55. The fraction of sp³-hybridized carbons (Fsp3) is 0.579. The molecule has 1 unspecified atom stereocenters. The molecule has 0 bridgehead atoms. The van der Waals surface area contributed by atoms with Crippen molar-refractivity contribution < 1.29 is 9.59 Å². The lowest BCUT2D eigenvalue weighted by atomic mass is 10.1. The lowest BCUT2D eigenvalue weighted by Gasteiger charge is -2.40. The molecule has 5 heteroatoms. The number of para-hydroxylation sites is 2. The van der Waals surface area contributed by atoms with Crippen LogP contribution >= 0.6 is 0 Å². The number of hydrogen-bond donors (Lipinski definition) is 1. The van der Waals surface area contributed by atoms with Crippen LogP contribution in [0.2, 0.25) is 0 Å². The summed E-state index contributed by atoms with van der Waals surface area (Å²) in [6.07, 6.45) is 4.91. The number of rotatable bonds is 6. The molecule has 2 amide bonds. The zero-order valence-corrected chi connectivity index (χ0v) is 14.5. The normalized spacial score (nSPS) is 19.0. The molecule has 1 N–H and O–H groups in total. The largest absolute Gasteiger partial charge is 0.365 e. The molecule has 0 aliphatic carbocycles. The van der Waals surface area contributed by atoms with E-state index in [1.807, 2.05) is 23.1 Å². The van der Waals surface area contributed by atoms with Crippen LogP contribution in [0.15, 0.2) is 24.3 Å². The van der Waals surface area contributed by atoms with Crippen molar-refractivity contribution >= 4 is 23.2 Å². The van der Waals surface area contributed by atoms with Gasteiger partial charge in [0.15, 0.2) is 0 Å². The smallest absolute Gasteiger partial charge is 0.227 e. The van der Waals surface area contributed by atoms with Crippen molar-refractivity contribution in [2.24, 2.45) is 0 Å². The van der Waals surface area contributed by atoms with E-state index in [1.54, 1.807) is 0 Å². The van der Waals surface area contributed by atoms with Gasteiger partial charge in [0.05, 0.1) is 11.4 Å².